The zero-order valence-electron chi connectivity index (χ0n) is 11.4. The quantitative estimate of drug-likeness (QED) is 0.803. The number of nitrogens with zero attached hydrogens (tertiary/aromatic N) is 3. The fraction of sp³-hybridized carbons (Fsp3) is 0.786. The summed E-state index contributed by atoms with van der Waals surface area (Å²) >= 11 is 0. The van der Waals surface area contributed by atoms with Gasteiger partial charge in [0.1, 0.15) is 5.82 Å². The third kappa shape index (κ3) is 2.19. The van der Waals surface area contributed by atoms with E-state index in [9.17, 15) is 0 Å². The number of imidazole rings is 1. The van der Waals surface area contributed by atoms with Crippen molar-refractivity contribution in [3.05, 3.63) is 17.7 Å². The zero-order chi connectivity index (χ0) is 12.5. The van der Waals surface area contributed by atoms with Crippen molar-refractivity contribution in [2.24, 2.45) is 7.05 Å². The molecule has 0 saturated carbocycles. The Morgan fingerprint density at radius 1 is 1.28 bits per heavy atom. The number of hydrogen-bond donors (Lipinski definition) is 0. The molecule has 1 atom stereocenters. The maximum absolute atomic E-state index is 5.48. The van der Waals surface area contributed by atoms with E-state index in [2.05, 4.69) is 29.6 Å². The molecule has 0 N–H and O–H groups in total. The summed E-state index contributed by atoms with van der Waals surface area (Å²) in [7, 11) is 2.12. The lowest BCUT2D eigenvalue weighted by Crippen LogP contribution is -2.39. The van der Waals surface area contributed by atoms with Gasteiger partial charge in [-0.05, 0) is 39.2 Å². The molecular weight excluding hydrogens is 226 g/mol. The summed E-state index contributed by atoms with van der Waals surface area (Å²) in [5, 5.41) is 0. The number of aromatic nitrogens is 2. The highest BCUT2D eigenvalue weighted by molar-refractivity contribution is 5.08. The molecule has 1 aromatic rings. The maximum Gasteiger partial charge on any atom is 0.126 e. The Morgan fingerprint density at radius 3 is 2.72 bits per heavy atom. The van der Waals surface area contributed by atoms with Gasteiger partial charge in [0.25, 0.3) is 0 Å². The van der Waals surface area contributed by atoms with Gasteiger partial charge in [0.05, 0.1) is 11.7 Å². The fourth-order valence-electron chi connectivity index (χ4n) is 3.46. The average Bonchev–Trinajstić information content (AvgIpc) is 2.96. The molecule has 0 aliphatic carbocycles. The van der Waals surface area contributed by atoms with Crippen molar-refractivity contribution in [2.45, 2.75) is 44.7 Å². The van der Waals surface area contributed by atoms with Gasteiger partial charge in [-0.1, -0.05) is 0 Å². The summed E-state index contributed by atoms with van der Waals surface area (Å²) in [6, 6.07) is 1.22. The molecule has 4 nitrogen and oxygen atoms in total. The van der Waals surface area contributed by atoms with Crippen LogP contribution in [0.5, 0.6) is 0 Å². The second-order valence-electron chi connectivity index (χ2n) is 5.59. The summed E-state index contributed by atoms with van der Waals surface area (Å²) in [4.78, 5) is 7.40. The number of likely N-dealkylation sites (tertiary alicyclic amines) is 1. The summed E-state index contributed by atoms with van der Waals surface area (Å²) < 4.78 is 7.69. The first-order valence-electron chi connectivity index (χ1n) is 7.09. The van der Waals surface area contributed by atoms with Gasteiger partial charge in [-0.25, -0.2) is 4.98 Å². The number of rotatable bonds is 2. The molecule has 3 heterocycles. The van der Waals surface area contributed by atoms with E-state index in [1.165, 1.54) is 38.1 Å². The van der Waals surface area contributed by atoms with Crippen LogP contribution in [0.25, 0.3) is 0 Å². The van der Waals surface area contributed by atoms with Crippen LogP contribution in [-0.2, 0) is 11.8 Å². The van der Waals surface area contributed by atoms with Crippen molar-refractivity contribution < 1.29 is 4.74 Å². The highest BCUT2D eigenvalue weighted by Crippen LogP contribution is 2.35. The first-order valence-corrected chi connectivity index (χ1v) is 7.09. The minimum atomic E-state index is 0.520. The van der Waals surface area contributed by atoms with Crippen molar-refractivity contribution in [1.29, 1.82) is 0 Å². The van der Waals surface area contributed by atoms with Gasteiger partial charge in [0, 0.05) is 32.5 Å². The molecule has 0 radical (unpaired) electrons. The Balaban J connectivity index is 1.80. The van der Waals surface area contributed by atoms with Gasteiger partial charge < -0.3 is 9.30 Å². The van der Waals surface area contributed by atoms with Crippen LogP contribution >= 0.6 is 0 Å². The molecule has 0 bridgehead atoms. The van der Waals surface area contributed by atoms with Crippen LogP contribution in [-0.4, -0.2) is 40.3 Å². The molecule has 0 aromatic carbocycles. The minimum absolute atomic E-state index is 0.520. The maximum atomic E-state index is 5.48. The molecule has 3 rings (SSSR count). The number of ether oxygens (including phenoxy) is 1. The molecule has 18 heavy (non-hydrogen) atoms. The summed E-state index contributed by atoms with van der Waals surface area (Å²) in [5.41, 5.74) is 1.13. The topological polar surface area (TPSA) is 30.3 Å². The van der Waals surface area contributed by atoms with E-state index in [0.717, 1.165) is 18.9 Å². The van der Waals surface area contributed by atoms with Crippen LogP contribution in [0.15, 0.2) is 6.20 Å². The fourth-order valence-corrected chi connectivity index (χ4v) is 3.46. The summed E-state index contributed by atoms with van der Waals surface area (Å²) in [5.74, 6) is 1.25. The summed E-state index contributed by atoms with van der Waals surface area (Å²) in [6.45, 7) is 5.15. The predicted molar refractivity (Wildman–Crippen MR) is 70.5 cm³/mol. The van der Waals surface area contributed by atoms with E-state index in [0.29, 0.717) is 12.1 Å². The van der Waals surface area contributed by atoms with Crippen LogP contribution < -0.4 is 0 Å². The third-order valence-corrected chi connectivity index (χ3v) is 4.28. The molecule has 2 aliphatic rings. The van der Waals surface area contributed by atoms with Gasteiger partial charge in [0.2, 0.25) is 0 Å². The largest absolute Gasteiger partial charge is 0.381 e. The highest BCUT2D eigenvalue weighted by Gasteiger charge is 2.34. The number of hydrogen-bond acceptors (Lipinski definition) is 3. The van der Waals surface area contributed by atoms with Crippen LogP contribution in [0.2, 0.25) is 0 Å². The molecule has 0 spiro atoms. The van der Waals surface area contributed by atoms with Gasteiger partial charge in [-0.2, -0.15) is 0 Å². The molecule has 1 aromatic heterocycles. The van der Waals surface area contributed by atoms with E-state index >= 15 is 0 Å². The smallest absolute Gasteiger partial charge is 0.126 e. The first kappa shape index (κ1) is 12.2. The summed E-state index contributed by atoms with van der Waals surface area (Å²) in [6.07, 6.45) is 7.05. The molecule has 0 amide bonds. The molecule has 0 unspecified atom stereocenters. The van der Waals surface area contributed by atoms with Gasteiger partial charge in [0.15, 0.2) is 0 Å². The lowest BCUT2D eigenvalue weighted by Gasteiger charge is -2.35. The van der Waals surface area contributed by atoms with Crippen molar-refractivity contribution >= 4 is 0 Å². The van der Waals surface area contributed by atoms with E-state index < -0.39 is 0 Å². The monoisotopic (exact) mass is 249 g/mol. The Labute approximate surface area is 109 Å². The first-order chi connectivity index (χ1) is 8.75. The Morgan fingerprint density at radius 2 is 2.06 bits per heavy atom. The number of aryl methyl sites for hydroxylation is 2. The SMILES string of the molecule is Cc1cn(C)c([C@H]2CCCN2C2CCOCC2)n1. The highest BCUT2D eigenvalue weighted by atomic mass is 16.5. The second kappa shape index (κ2) is 5.02. The van der Waals surface area contributed by atoms with E-state index in [-0.39, 0.29) is 0 Å². The Bertz CT molecular complexity index is 409. The molecule has 2 saturated heterocycles. The average molecular weight is 249 g/mol. The minimum Gasteiger partial charge on any atom is -0.381 e. The lowest BCUT2D eigenvalue weighted by atomic mass is 10.1. The van der Waals surface area contributed by atoms with Gasteiger partial charge in [-0.3, -0.25) is 4.90 Å². The van der Waals surface area contributed by atoms with Crippen molar-refractivity contribution in [3.63, 3.8) is 0 Å². The van der Waals surface area contributed by atoms with E-state index in [1.54, 1.807) is 0 Å². The molecule has 100 valence electrons. The standard InChI is InChI=1S/C14H23N3O/c1-11-10-16(2)14(15-11)13-4-3-7-17(13)12-5-8-18-9-6-12/h10,12-13H,3-9H2,1-2H3/t13-/m1/s1. The van der Waals surface area contributed by atoms with E-state index in [4.69, 9.17) is 9.72 Å². The zero-order valence-corrected chi connectivity index (χ0v) is 11.4. The normalized spacial score (nSPS) is 26.9. The third-order valence-electron chi connectivity index (χ3n) is 4.28. The molecule has 4 heteroatoms. The van der Waals surface area contributed by atoms with Crippen molar-refractivity contribution in [3.8, 4) is 0 Å². The molecular formula is C14H23N3O. The van der Waals surface area contributed by atoms with Crippen molar-refractivity contribution in [1.82, 2.24) is 14.5 Å². The van der Waals surface area contributed by atoms with Crippen LogP contribution in [0, 0.1) is 6.92 Å². The van der Waals surface area contributed by atoms with Crippen LogP contribution in [0.1, 0.15) is 43.2 Å². The van der Waals surface area contributed by atoms with E-state index in [1.807, 2.05) is 0 Å². The van der Waals surface area contributed by atoms with Gasteiger partial charge in [-0.15, -0.1) is 0 Å². The molecule has 2 fully saturated rings. The lowest BCUT2D eigenvalue weighted by molar-refractivity contribution is 0.0275. The van der Waals surface area contributed by atoms with Crippen LogP contribution in [0.3, 0.4) is 0 Å². The second-order valence-corrected chi connectivity index (χ2v) is 5.59. The van der Waals surface area contributed by atoms with Crippen LogP contribution in [0.4, 0.5) is 0 Å². The van der Waals surface area contributed by atoms with Gasteiger partial charge >= 0.3 is 0 Å². The Kier molecular flexibility index (Phi) is 3.39. The predicted octanol–water partition coefficient (Wildman–Crippen LogP) is 2.04. The van der Waals surface area contributed by atoms with Crippen molar-refractivity contribution in [2.75, 3.05) is 19.8 Å². The Hall–Kier alpha value is -0.870. The molecule has 2 aliphatic heterocycles.